The van der Waals surface area contributed by atoms with Gasteiger partial charge in [-0.3, -0.25) is 4.79 Å². The third kappa shape index (κ3) is 2.77. The average molecular weight is 343 g/mol. The van der Waals surface area contributed by atoms with Crippen LogP contribution in [0.2, 0.25) is 0 Å². The number of alkyl halides is 2. The lowest BCUT2D eigenvalue weighted by Crippen LogP contribution is -2.19. The van der Waals surface area contributed by atoms with Crippen molar-refractivity contribution in [3.8, 4) is 0 Å². The Morgan fingerprint density at radius 3 is 2.75 bits per heavy atom. The normalized spacial score (nSPS) is 10.6. The third-order valence-corrected chi connectivity index (χ3v) is 2.60. The molecule has 4 nitrogen and oxygen atoms in total. The second-order valence-electron chi connectivity index (χ2n) is 2.80. The van der Waals surface area contributed by atoms with E-state index < -0.39 is 23.5 Å². The number of halogens is 3. The average Bonchev–Trinajstić information content (AvgIpc) is 2.17. The Kier molecular flexibility index (Phi) is 4.39. The molecule has 1 aromatic heterocycles. The van der Waals surface area contributed by atoms with E-state index in [-0.39, 0.29) is 15.9 Å². The van der Waals surface area contributed by atoms with Crippen LogP contribution in [-0.4, -0.2) is 17.6 Å². The van der Waals surface area contributed by atoms with Gasteiger partial charge in [0.2, 0.25) is 0 Å². The van der Waals surface area contributed by atoms with Gasteiger partial charge in [-0.1, -0.05) is 0 Å². The summed E-state index contributed by atoms with van der Waals surface area (Å²) in [5.74, 6) is -0.731. The van der Waals surface area contributed by atoms with Crippen molar-refractivity contribution in [1.29, 1.82) is 0 Å². The molecule has 88 valence electrons. The van der Waals surface area contributed by atoms with E-state index in [0.717, 1.165) is 6.07 Å². The fourth-order valence-electron chi connectivity index (χ4n) is 1.04. The zero-order valence-electron chi connectivity index (χ0n) is 8.22. The molecule has 1 rings (SSSR count). The highest BCUT2D eigenvalue weighted by Gasteiger charge is 2.19. The monoisotopic (exact) mass is 343 g/mol. The van der Waals surface area contributed by atoms with Crippen LogP contribution in [0.15, 0.2) is 10.9 Å². The molecule has 0 aliphatic heterocycles. The number of ether oxygens (including phenoxy) is 1. The summed E-state index contributed by atoms with van der Waals surface area (Å²) in [6, 6.07) is 0.864. The molecule has 0 aromatic carbocycles. The molecular weight excluding hydrogens is 335 g/mol. The molecule has 0 fully saturated rings. The van der Waals surface area contributed by atoms with E-state index in [9.17, 15) is 18.4 Å². The first-order valence-electron chi connectivity index (χ1n) is 4.35. The van der Waals surface area contributed by atoms with Crippen molar-refractivity contribution < 1.29 is 18.3 Å². The smallest absolute Gasteiger partial charge is 0.340 e. The van der Waals surface area contributed by atoms with E-state index in [4.69, 9.17) is 0 Å². The SMILES string of the molecule is CCOC(=O)c1cc(C(F)F)c(=O)[nH]c1I. The van der Waals surface area contributed by atoms with Crippen LogP contribution in [-0.2, 0) is 4.74 Å². The van der Waals surface area contributed by atoms with Crippen LogP contribution < -0.4 is 5.56 Å². The molecule has 1 N–H and O–H groups in total. The number of esters is 1. The van der Waals surface area contributed by atoms with Gasteiger partial charge in [-0.25, -0.2) is 13.6 Å². The van der Waals surface area contributed by atoms with Crippen LogP contribution in [0.1, 0.15) is 29.3 Å². The summed E-state index contributed by atoms with van der Waals surface area (Å²) < 4.78 is 29.7. The van der Waals surface area contributed by atoms with E-state index in [1.165, 1.54) is 0 Å². The van der Waals surface area contributed by atoms with Crippen molar-refractivity contribution in [2.24, 2.45) is 0 Å². The Balaban J connectivity index is 3.25. The van der Waals surface area contributed by atoms with Gasteiger partial charge in [-0.15, -0.1) is 0 Å². The highest BCUT2D eigenvalue weighted by molar-refractivity contribution is 14.1. The van der Waals surface area contributed by atoms with Gasteiger partial charge in [0.25, 0.3) is 12.0 Å². The minimum atomic E-state index is -2.92. The van der Waals surface area contributed by atoms with E-state index >= 15 is 0 Å². The highest BCUT2D eigenvalue weighted by Crippen LogP contribution is 2.18. The largest absolute Gasteiger partial charge is 0.462 e. The Morgan fingerprint density at radius 1 is 1.62 bits per heavy atom. The molecule has 0 amide bonds. The van der Waals surface area contributed by atoms with Crippen molar-refractivity contribution in [3.63, 3.8) is 0 Å². The molecule has 0 saturated heterocycles. The summed E-state index contributed by atoms with van der Waals surface area (Å²) in [6.45, 7) is 1.74. The van der Waals surface area contributed by atoms with Crippen molar-refractivity contribution >= 4 is 28.6 Å². The number of carbonyl (C=O) groups excluding carboxylic acids is 1. The summed E-state index contributed by atoms with van der Waals surface area (Å²) in [6.07, 6.45) is -2.92. The quantitative estimate of drug-likeness (QED) is 0.520. The molecule has 0 saturated carbocycles. The summed E-state index contributed by atoms with van der Waals surface area (Å²) in [4.78, 5) is 24.7. The molecule has 0 aliphatic rings. The van der Waals surface area contributed by atoms with Gasteiger partial charge < -0.3 is 9.72 Å². The number of aromatic amines is 1. The van der Waals surface area contributed by atoms with E-state index in [1.54, 1.807) is 29.5 Å². The maximum absolute atomic E-state index is 12.4. The minimum Gasteiger partial charge on any atom is -0.462 e. The molecule has 0 radical (unpaired) electrons. The van der Waals surface area contributed by atoms with Gasteiger partial charge in [0.1, 0.15) is 0 Å². The minimum absolute atomic E-state index is 0.0580. The van der Waals surface area contributed by atoms with Gasteiger partial charge in [-0.2, -0.15) is 0 Å². The van der Waals surface area contributed by atoms with E-state index in [2.05, 4.69) is 9.72 Å². The molecule has 0 bridgehead atoms. The van der Waals surface area contributed by atoms with Crippen LogP contribution in [0.4, 0.5) is 8.78 Å². The molecule has 1 heterocycles. The lowest BCUT2D eigenvalue weighted by atomic mass is 10.2. The number of hydrogen-bond acceptors (Lipinski definition) is 3. The van der Waals surface area contributed by atoms with Crippen molar-refractivity contribution in [2.75, 3.05) is 6.61 Å². The second kappa shape index (κ2) is 5.37. The first kappa shape index (κ1) is 13.1. The summed E-state index contributed by atoms with van der Waals surface area (Å²) in [7, 11) is 0. The number of pyridine rings is 1. The van der Waals surface area contributed by atoms with Crippen LogP contribution in [0, 0.1) is 3.70 Å². The first-order chi connectivity index (χ1) is 7.47. The van der Waals surface area contributed by atoms with Gasteiger partial charge in [0.05, 0.1) is 21.4 Å². The van der Waals surface area contributed by atoms with Gasteiger partial charge in [0, 0.05) is 0 Å². The van der Waals surface area contributed by atoms with Gasteiger partial charge in [0.15, 0.2) is 0 Å². The predicted molar refractivity (Wildman–Crippen MR) is 60.7 cm³/mol. The molecule has 0 unspecified atom stereocenters. The molecule has 1 aromatic rings. The Bertz CT molecular complexity index is 459. The van der Waals surface area contributed by atoms with Crippen LogP contribution in [0.5, 0.6) is 0 Å². The number of H-pyrrole nitrogens is 1. The molecule has 0 spiro atoms. The number of nitrogens with one attached hydrogen (secondary N) is 1. The lowest BCUT2D eigenvalue weighted by molar-refractivity contribution is 0.0524. The first-order valence-corrected chi connectivity index (χ1v) is 5.43. The van der Waals surface area contributed by atoms with E-state index in [1.807, 2.05) is 0 Å². The standard InChI is InChI=1S/C9H8F2INO3/c1-2-16-9(15)5-3-4(6(10)11)8(14)13-7(5)12/h3,6H,2H2,1H3,(H,13,14). The maximum Gasteiger partial charge on any atom is 0.340 e. The zero-order chi connectivity index (χ0) is 12.3. The van der Waals surface area contributed by atoms with Crippen LogP contribution in [0.25, 0.3) is 0 Å². The van der Waals surface area contributed by atoms with E-state index in [0.29, 0.717) is 0 Å². The summed E-state index contributed by atoms with van der Waals surface area (Å²) >= 11 is 1.68. The van der Waals surface area contributed by atoms with Crippen molar-refractivity contribution in [3.05, 3.63) is 31.2 Å². The molecule has 0 aliphatic carbocycles. The topological polar surface area (TPSA) is 59.2 Å². The zero-order valence-corrected chi connectivity index (χ0v) is 10.4. The van der Waals surface area contributed by atoms with Crippen molar-refractivity contribution in [2.45, 2.75) is 13.3 Å². The van der Waals surface area contributed by atoms with Crippen LogP contribution in [0.3, 0.4) is 0 Å². The Hall–Kier alpha value is -0.990. The van der Waals surface area contributed by atoms with Crippen molar-refractivity contribution in [1.82, 2.24) is 4.98 Å². The Labute approximate surface area is 103 Å². The summed E-state index contributed by atoms with van der Waals surface area (Å²) in [5.41, 5.74) is -1.69. The number of rotatable bonds is 3. The molecule has 7 heteroatoms. The third-order valence-electron chi connectivity index (χ3n) is 1.75. The van der Waals surface area contributed by atoms with Crippen LogP contribution >= 0.6 is 22.6 Å². The fourth-order valence-corrected chi connectivity index (χ4v) is 1.66. The molecular formula is C9H8F2INO3. The highest BCUT2D eigenvalue weighted by atomic mass is 127. The second-order valence-corrected chi connectivity index (χ2v) is 3.88. The van der Waals surface area contributed by atoms with Gasteiger partial charge >= 0.3 is 5.97 Å². The number of carbonyl (C=O) groups is 1. The maximum atomic E-state index is 12.4. The fraction of sp³-hybridized carbons (Fsp3) is 0.333. The number of aromatic nitrogens is 1. The predicted octanol–water partition coefficient (Wildman–Crippen LogP) is 2.09. The van der Waals surface area contributed by atoms with Gasteiger partial charge in [-0.05, 0) is 35.6 Å². The number of hydrogen-bond donors (Lipinski definition) is 1. The molecule has 0 atom stereocenters. The molecule has 16 heavy (non-hydrogen) atoms. The lowest BCUT2D eigenvalue weighted by Gasteiger charge is -2.06. The summed E-state index contributed by atoms with van der Waals surface area (Å²) in [5, 5.41) is 0. The Morgan fingerprint density at radius 2 is 2.25 bits per heavy atom.